The van der Waals surface area contributed by atoms with Crippen molar-refractivity contribution < 1.29 is 14.3 Å². The van der Waals surface area contributed by atoms with Crippen molar-refractivity contribution in [3.05, 3.63) is 35.6 Å². The number of halogens is 1. The molecule has 1 fully saturated rings. The normalized spacial score (nSPS) is 23.6. The van der Waals surface area contributed by atoms with Crippen LogP contribution in [0.4, 0.5) is 4.39 Å². The van der Waals surface area contributed by atoms with E-state index in [9.17, 15) is 14.3 Å². The van der Waals surface area contributed by atoms with Gasteiger partial charge in [-0.25, -0.2) is 4.39 Å². The Kier molecular flexibility index (Phi) is 5.74. The fraction of sp³-hybridized carbons (Fsp3) is 0.588. The fourth-order valence-electron chi connectivity index (χ4n) is 3.07. The maximum atomic E-state index is 12.9. The third-order valence-corrected chi connectivity index (χ3v) is 4.42. The highest BCUT2D eigenvalue weighted by molar-refractivity contribution is 5.77. The van der Waals surface area contributed by atoms with Crippen LogP contribution in [0.3, 0.4) is 0 Å². The van der Waals surface area contributed by atoms with Crippen LogP contribution in [0.1, 0.15) is 50.5 Å². The molecule has 4 heteroatoms. The first-order valence-corrected chi connectivity index (χ1v) is 7.76. The maximum absolute atomic E-state index is 12.9. The average Bonchev–Trinajstić information content (AvgIpc) is 2.48. The summed E-state index contributed by atoms with van der Waals surface area (Å²) >= 11 is 0. The molecular formula is C17H24FNO2. The molecule has 0 bridgehead atoms. The Morgan fingerprint density at radius 3 is 2.67 bits per heavy atom. The average molecular weight is 293 g/mol. The Balaban J connectivity index is 1.87. The number of hydrogen-bond acceptors (Lipinski definition) is 2. The Morgan fingerprint density at radius 1 is 1.33 bits per heavy atom. The summed E-state index contributed by atoms with van der Waals surface area (Å²) in [6.45, 7) is 2.11. The lowest BCUT2D eigenvalue weighted by Crippen LogP contribution is -2.43. The lowest BCUT2D eigenvalue weighted by atomic mass is 9.85. The van der Waals surface area contributed by atoms with Crippen molar-refractivity contribution in [3.8, 4) is 0 Å². The molecule has 1 aromatic carbocycles. The third-order valence-electron chi connectivity index (χ3n) is 4.42. The van der Waals surface area contributed by atoms with Gasteiger partial charge in [-0.1, -0.05) is 31.9 Å². The van der Waals surface area contributed by atoms with E-state index in [1.807, 2.05) is 6.92 Å². The third kappa shape index (κ3) is 4.53. The Bertz CT molecular complexity index is 460. The number of rotatable bonds is 5. The zero-order valence-electron chi connectivity index (χ0n) is 12.5. The topological polar surface area (TPSA) is 49.3 Å². The molecule has 0 heterocycles. The molecule has 21 heavy (non-hydrogen) atoms. The number of aliphatic hydroxyl groups is 1. The second-order valence-corrected chi connectivity index (χ2v) is 6.06. The van der Waals surface area contributed by atoms with Gasteiger partial charge in [-0.05, 0) is 36.5 Å². The largest absolute Gasteiger partial charge is 0.396 e. The molecule has 1 saturated carbocycles. The first kappa shape index (κ1) is 16.0. The van der Waals surface area contributed by atoms with Crippen LogP contribution in [-0.2, 0) is 4.79 Å². The van der Waals surface area contributed by atoms with Gasteiger partial charge in [0.25, 0.3) is 0 Å². The van der Waals surface area contributed by atoms with Crippen LogP contribution < -0.4 is 5.32 Å². The number of hydrogen-bond donors (Lipinski definition) is 2. The van der Waals surface area contributed by atoms with E-state index in [4.69, 9.17) is 0 Å². The van der Waals surface area contributed by atoms with Gasteiger partial charge in [-0.2, -0.15) is 0 Å². The summed E-state index contributed by atoms with van der Waals surface area (Å²) in [6, 6.07) is 6.39. The van der Waals surface area contributed by atoms with Gasteiger partial charge in [0.05, 0.1) is 0 Å². The number of benzene rings is 1. The Labute approximate surface area is 125 Å². The molecule has 3 atom stereocenters. The lowest BCUT2D eigenvalue weighted by molar-refractivity contribution is -0.122. The van der Waals surface area contributed by atoms with Crippen LogP contribution in [0.15, 0.2) is 24.3 Å². The smallest absolute Gasteiger partial charge is 0.220 e. The highest BCUT2D eigenvalue weighted by Crippen LogP contribution is 2.25. The number of carbonyl (C=O) groups excluding carboxylic acids is 1. The highest BCUT2D eigenvalue weighted by Gasteiger charge is 2.26. The quantitative estimate of drug-likeness (QED) is 0.877. The molecule has 2 N–H and O–H groups in total. The monoisotopic (exact) mass is 293 g/mol. The summed E-state index contributed by atoms with van der Waals surface area (Å²) in [5.74, 6) is -0.00818. The van der Waals surface area contributed by atoms with Gasteiger partial charge in [0.2, 0.25) is 5.91 Å². The number of amides is 1. The van der Waals surface area contributed by atoms with Crippen molar-refractivity contribution in [2.24, 2.45) is 5.92 Å². The van der Waals surface area contributed by atoms with E-state index in [1.54, 1.807) is 12.1 Å². The van der Waals surface area contributed by atoms with Crippen molar-refractivity contribution in [1.29, 1.82) is 0 Å². The number of carbonyl (C=O) groups is 1. The molecule has 3 nitrogen and oxygen atoms in total. The minimum Gasteiger partial charge on any atom is -0.396 e. The second kappa shape index (κ2) is 7.55. The molecule has 1 aliphatic rings. The Hall–Kier alpha value is -1.42. The summed E-state index contributed by atoms with van der Waals surface area (Å²) < 4.78 is 12.9. The van der Waals surface area contributed by atoms with E-state index in [-0.39, 0.29) is 36.2 Å². The molecule has 0 aliphatic heterocycles. The van der Waals surface area contributed by atoms with Crippen molar-refractivity contribution >= 4 is 5.91 Å². The first-order valence-electron chi connectivity index (χ1n) is 7.76. The molecular weight excluding hydrogens is 269 g/mol. The van der Waals surface area contributed by atoms with Crippen molar-refractivity contribution in [3.63, 3.8) is 0 Å². The van der Waals surface area contributed by atoms with Gasteiger partial charge >= 0.3 is 0 Å². The second-order valence-electron chi connectivity index (χ2n) is 6.06. The van der Waals surface area contributed by atoms with E-state index >= 15 is 0 Å². The number of aliphatic hydroxyl groups excluding tert-OH is 1. The van der Waals surface area contributed by atoms with Gasteiger partial charge in [-0.3, -0.25) is 4.79 Å². The molecule has 1 aliphatic carbocycles. The molecule has 0 saturated heterocycles. The van der Waals surface area contributed by atoms with E-state index in [0.717, 1.165) is 31.2 Å². The summed E-state index contributed by atoms with van der Waals surface area (Å²) in [4.78, 5) is 12.2. The molecule has 0 spiro atoms. The molecule has 1 aromatic rings. The van der Waals surface area contributed by atoms with Crippen molar-refractivity contribution in [1.82, 2.24) is 5.32 Å². The lowest BCUT2D eigenvalue weighted by Gasteiger charge is -2.31. The minimum absolute atomic E-state index is 0.0113. The van der Waals surface area contributed by atoms with Crippen LogP contribution in [0.2, 0.25) is 0 Å². The SMILES string of the molecule is CC(CC(=O)NC1CCCCC1CO)c1ccc(F)cc1. The number of nitrogens with one attached hydrogen (secondary N) is 1. The van der Waals surface area contributed by atoms with Crippen LogP contribution in [0, 0.1) is 11.7 Å². The standard InChI is InChI=1S/C17H24FNO2/c1-12(13-6-8-15(18)9-7-13)10-17(21)19-16-5-3-2-4-14(16)11-20/h6-9,12,14,16,20H,2-5,10-11H2,1H3,(H,19,21). The zero-order valence-corrected chi connectivity index (χ0v) is 12.5. The van der Waals surface area contributed by atoms with Crippen LogP contribution in [0.5, 0.6) is 0 Å². The summed E-state index contributed by atoms with van der Waals surface area (Å²) in [7, 11) is 0. The predicted octanol–water partition coefficient (Wildman–Crippen LogP) is 2.99. The van der Waals surface area contributed by atoms with Crippen LogP contribution in [-0.4, -0.2) is 23.7 Å². The van der Waals surface area contributed by atoms with Crippen LogP contribution >= 0.6 is 0 Å². The molecule has 0 radical (unpaired) electrons. The molecule has 2 rings (SSSR count). The van der Waals surface area contributed by atoms with Gasteiger partial charge in [0, 0.05) is 25.0 Å². The van der Waals surface area contributed by atoms with Crippen LogP contribution in [0.25, 0.3) is 0 Å². The molecule has 116 valence electrons. The van der Waals surface area contributed by atoms with E-state index in [2.05, 4.69) is 5.32 Å². The van der Waals surface area contributed by atoms with Gasteiger partial charge in [-0.15, -0.1) is 0 Å². The summed E-state index contributed by atoms with van der Waals surface area (Å²) in [5.41, 5.74) is 0.967. The first-order chi connectivity index (χ1) is 10.1. The predicted molar refractivity (Wildman–Crippen MR) is 80.4 cm³/mol. The maximum Gasteiger partial charge on any atom is 0.220 e. The van der Waals surface area contributed by atoms with Gasteiger partial charge in [0.1, 0.15) is 5.82 Å². The van der Waals surface area contributed by atoms with E-state index in [0.29, 0.717) is 6.42 Å². The molecule has 1 amide bonds. The van der Waals surface area contributed by atoms with Gasteiger partial charge < -0.3 is 10.4 Å². The zero-order chi connectivity index (χ0) is 15.2. The van der Waals surface area contributed by atoms with Crippen molar-refractivity contribution in [2.45, 2.75) is 51.0 Å². The van der Waals surface area contributed by atoms with E-state index < -0.39 is 0 Å². The summed E-state index contributed by atoms with van der Waals surface area (Å²) in [6.07, 6.45) is 4.55. The Morgan fingerprint density at radius 2 is 2.00 bits per heavy atom. The van der Waals surface area contributed by atoms with Crippen molar-refractivity contribution in [2.75, 3.05) is 6.61 Å². The molecule has 0 aromatic heterocycles. The molecule has 3 unspecified atom stereocenters. The fourth-order valence-corrected chi connectivity index (χ4v) is 3.07. The van der Waals surface area contributed by atoms with E-state index in [1.165, 1.54) is 12.1 Å². The summed E-state index contributed by atoms with van der Waals surface area (Å²) in [5, 5.41) is 12.4. The van der Waals surface area contributed by atoms with Gasteiger partial charge in [0.15, 0.2) is 0 Å². The minimum atomic E-state index is -0.261. The highest BCUT2D eigenvalue weighted by atomic mass is 19.1.